The van der Waals surface area contributed by atoms with Crippen molar-refractivity contribution in [2.24, 2.45) is 0 Å². The third-order valence-corrected chi connectivity index (χ3v) is 4.37. The van der Waals surface area contributed by atoms with E-state index in [9.17, 15) is 4.79 Å². The Hall–Kier alpha value is -2.29. The molecule has 0 aromatic heterocycles. The number of rotatable bonds is 2. The standard InChI is InChI=1S/C19H21NO2/c1-13-6-4-7-15-11-10-14(2)20(18(13)15)19(21)16-8-5-9-17(12-16)22-3/h4-9,12,14H,10-11H2,1-3H3. The van der Waals surface area contributed by atoms with Gasteiger partial charge in [0.2, 0.25) is 0 Å². The highest BCUT2D eigenvalue weighted by Crippen LogP contribution is 2.35. The molecule has 22 heavy (non-hydrogen) atoms. The first kappa shape index (κ1) is 14.6. The number of para-hydroxylation sites is 1. The molecule has 1 unspecified atom stereocenters. The zero-order chi connectivity index (χ0) is 15.7. The maximum atomic E-state index is 13.1. The van der Waals surface area contributed by atoms with Crippen LogP contribution in [0.5, 0.6) is 5.75 Å². The summed E-state index contributed by atoms with van der Waals surface area (Å²) in [6.45, 7) is 4.19. The van der Waals surface area contributed by atoms with Crippen LogP contribution in [0.4, 0.5) is 5.69 Å². The predicted octanol–water partition coefficient (Wildman–Crippen LogP) is 3.99. The molecule has 3 heteroatoms. The summed E-state index contributed by atoms with van der Waals surface area (Å²) >= 11 is 0. The average molecular weight is 295 g/mol. The van der Waals surface area contributed by atoms with Crippen molar-refractivity contribution < 1.29 is 9.53 Å². The molecule has 3 rings (SSSR count). The fourth-order valence-electron chi connectivity index (χ4n) is 3.18. The van der Waals surface area contributed by atoms with Gasteiger partial charge in [-0.25, -0.2) is 0 Å². The fourth-order valence-corrected chi connectivity index (χ4v) is 3.18. The van der Waals surface area contributed by atoms with E-state index in [2.05, 4.69) is 32.0 Å². The number of ether oxygens (including phenoxy) is 1. The van der Waals surface area contributed by atoms with Gasteiger partial charge in [-0.2, -0.15) is 0 Å². The van der Waals surface area contributed by atoms with Crippen molar-refractivity contribution >= 4 is 11.6 Å². The molecule has 2 aromatic carbocycles. The molecule has 0 radical (unpaired) electrons. The first-order chi connectivity index (χ1) is 10.6. The summed E-state index contributed by atoms with van der Waals surface area (Å²) in [4.78, 5) is 15.0. The molecule has 114 valence electrons. The van der Waals surface area contributed by atoms with Crippen molar-refractivity contribution in [2.75, 3.05) is 12.0 Å². The van der Waals surface area contributed by atoms with E-state index in [1.54, 1.807) is 7.11 Å². The van der Waals surface area contributed by atoms with Crippen molar-refractivity contribution in [1.29, 1.82) is 0 Å². The molecule has 0 spiro atoms. The zero-order valence-corrected chi connectivity index (χ0v) is 13.3. The fraction of sp³-hybridized carbons (Fsp3) is 0.316. The number of anilines is 1. The second kappa shape index (κ2) is 5.84. The van der Waals surface area contributed by atoms with Gasteiger partial charge >= 0.3 is 0 Å². The number of nitrogens with zero attached hydrogens (tertiary/aromatic N) is 1. The van der Waals surface area contributed by atoms with Crippen LogP contribution in [0.15, 0.2) is 42.5 Å². The van der Waals surface area contributed by atoms with Crippen molar-refractivity contribution in [3.8, 4) is 5.75 Å². The van der Waals surface area contributed by atoms with Crippen molar-refractivity contribution in [3.05, 3.63) is 59.2 Å². The van der Waals surface area contributed by atoms with Crippen LogP contribution in [0.2, 0.25) is 0 Å². The third-order valence-electron chi connectivity index (χ3n) is 4.37. The normalized spacial score (nSPS) is 17.0. The molecule has 2 aromatic rings. The summed E-state index contributed by atoms with van der Waals surface area (Å²) in [6, 6.07) is 13.8. The number of aryl methyl sites for hydroxylation is 2. The minimum absolute atomic E-state index is 0.0432. The van der Waals surface area contributed by atoms with E-state index in [0.717, 1.165) is 24.1 Å². The van der Waals surface area contributed by atoms with Gasteiger partial charge in [0.05, 0.1) is 12.8 Å². The number of methoxy groups -OCH3 is 1. The minimum atomic E-state index is 0.0432. The van der Waals surface area contributed by atoms with Gasteiger partial charge in [0.15, 0.2) is 0 Å². The molecule has 0 saturated carbocycles. The predicted molar refractivity (Wildman–Crippen MR) is 88.8 cm³/mol. The lowest BCUT2D eigenvalue weighted by molar-refractivity contribution is 0.0974. The van der Waals surface area contributed by atoms with Crippen LogP contribution in [0.25, 0.3) is 0 Å². The summed E-state index contributed by atoms with van der Waals surface area (Å²) in [5, 5.41) is 0. The van der Waals surface area contributed by atoms with E-state index < -0.39 is 0 Å². The summed E-state index contributed by atoms with van der Waals surface area (Å²) in [6.07, 6.45) is 2.02. The van der Waals surface area contributed by atoms with Gasteiger partial charge in [-0.05, 0) is 56.0 Å². The van der Waals surface area contributed by atoms with Gasteiger partial charge < -0.3 is 9.64 Å². The first-order valence-corrected chi connectivity index (χ1v) is 7.68. The molecule has 1 aliphatic heterocycles. The number of hydrogen-bond acceptors (Lipinski definition) is 2. The van der Waals surface area contributed by atoms with Crippen LogP contribution in [0, 0.1) is 6.92 Å². The molecule has 0 fully saturated rings. The van der Waals surface area contributed by atoms with Crippen LogP contribution in [0.3, 0.4) is 0 Å². The Balaban J connectivity index is 2.05. The number of carbonyl (C=O) groups excluding carboxylic acids is 1. The monoisotopic (exact) mass is 295 g/mol. The maximum absolute atomic E-state index is 13.1. The van der Waals surface area contributed by atoms with Crippen LogP contribution in [-0.4, -0.2) is 19.1 Å². The highest BCUT2D eigenvalue weighted by molar-refractivity contribution is 6.07. The Morgan fingerprint density at radius 1 is 1.23 bits per heavy atom. The summed E-state index contributed by atoms with van der Waals surface area (Å²) in [5.41, 5.74) is 4.16. The number of hydrogen-bond donors (Lipinski definition) is 0. The quantitative estimate of drug-likeness (QED) is 0.838. The maximum Gasteiger partial charge on any atom is 0.258 e. The topological polar surface area (TPSA) is 29.5 Å². The lowest BCUT2D eigenvalue weighted by Gasteiger charge is -2.36. The molecule has 0 N–H and O–H groups in total. The van der Waals surface area contributed by atoms with E-state index in [-0.39, 0.29) is 11.9 Å². The van der Waals surface area contributed by atoms with E-state index in [4.69, 9.17) is 4.74 Å². The minimum Gasteiger partial charge on any atom is -0.497 e. The highest BCUT2D eigenvalue weighted by atomic mass is 16.5. The van der Waals surface area contributed by atoms with Crippen LogP contribution < -0.4 is 9.64 Å². The van der Waals surface area contributed by atoms with Crippen molar-refractivity contribution in [3.63, 3.8) is 0 Å². The SMILES string of the molecule is COc1cccc(C(=O)N2c3c(C)cccc3CCC2C)c1. The number of fused-ring (bicyclic) bond motifs is 1. The second-order valence-corrected chi connectivity index (χ2v) is 5.88. The molecule has 1 amide bonds. The lowest BCUT2D eigenvalue weighted by Crippen LogP contribution is -2.42. The summed E-state index contributed by atoms with van der Waals surface area (Å²) in [7, 11) is 1.62. The Kier molecular flexibility index (Phi) is 3.88. The van der Waals surface area contributed by atoms with Crippen LogP contribution in [-0.2, 0) is 6.42 Å². The van der Waals surface area contributed by atoms with E-state index in [0.29, 0.717) is 11.3 Å². The van der Waals surface area contributed by atoms with Crippen molar-refractivity contribution in [1.82, 2.24) is 0 Å². The third kappa shape index (κ3) is 2.47. The first-order valence-electron chi connectivity index (χ1n) is 7.68. The molecule has 1 aliphatic rings. The molecule has 1 heterocycles. The molecule has 1 atom stereocenters. The van der Waals surface area contributed by atoms with E-state index in [1.807, 2.05) is 29.2 Å². The Bertz CT molecular complexity index is 708. The molecular formula is C19H21NO2. The summed E-state index contributed by atoms with van der Waals surface area (Å²) < 4.78 is 5.24. The van der Waals surface area contributed by atoms with Crippen LogP contribution >= 0.6 is 0 Å². The highest BCUT2D eigenvalue weighted by Gasteiger charge is 2.30. The molecule has 3 nitrogen and oxygen atoms in total. The second-order valence-electron chi connectivity index (χ2n) is 5.88. The molecule has 0 aliphatic carbocycles. The van der Waals surface area contributed by atoms with Gasteiger partial charge in [0.1, 0.15) is 5.75 Å². The largest absolute Gasteiger partial charge is 0.497 e. The number of carbonyl (C=O) groups is 1. The van der Waals surface area contributed by atoms with Gasteiger partial charge in [0, 0.05) is 11.6 Å². The molecular weight excluding hydrogens is 274 g/mol. The Morgan fingerprint density at radius 3 is 2.77 bits per heavy atom. The Morgan fingerprint density at radius 2 is 2.00 bits per heavy atom. The lowest BCUT2D eigenvalue weighted by atomic mass is 9.93. The summed E-state index contributed by atoms with van der Waals surface area (Å²) in [5.74, 6) is 0.752. The van der Waals surface area contributed by atoms with Gasteiger partial charge in [-0.3, -0.25) is 4.79 Å². The molecule has 0 bridgehead atoms. The van der Waals surface area contributed by atoms with E-state index in [1.165, 1.54) is 5.56 Å². The average Bonchev–Trinajstić information content (AvgIpc) is 2.55. The molecule has 0 saturated heterocycles. The van der Waals surface area contributed by atoms with E-state index >= 15 is 0 Å². The van der Waals surface area contributed by atoms with Crippen LogP contribution in [0.1, 0.15) is 34.8 Å². The number of benzene rings is 2. The van der Waals surface area contributed by atoms with Gasteiger partial charge in [0.25, 0.3) is 5.91 Å². The van der Waals surface area contributed by atoms with Crippen molar-refractivity contribution in [2.45, 2.75) is 32.7 Å². The smallest absolute Gasteiger partial charge is 0.258 e. The van der Waals surface area contributed by atoms with Gasteiger partial charge in [-0.1, -0.05) is 24.3 Å². The Labute approximate surface area is 131 Å². The zero-order valence-electron chi connectivity index (χ0n) is 13.3. The van der Waals surface area contributed by atoms with Gasteiger partial charge in [-0.15, -0.1) is 0 Å². The number of amides is 1.